The van der Waals surface area contributed by atoms with E-state index in [4.69, 9.17) is 5.11 Å². The van der Waals surface area contributed by atoms with E-state index < -0.39 is 19.1 Å². The first-order chi connectivity index (χ1) is 8.03. The Balaban J connectivity index is 2.24. The molecule has 0 spiro atoms. The lowest BCUT2D eigenvalue weighted by Crippen LogP contribution is -2.39. The van der Waals surface area contributed by atoms with Gasteiger partial charge in [0.1, 0.15) is 6.61 Å². The normalized spacial score (nSPS) is 18.8. The molecule has 0 heterocycles. The first-order valence-corrected chi connectivity index (χ1v) is 6.29. The minimum absolute atomic E-state index is 0.329. The number of hydrogen-bond acceptors (Lipinski definition) is 2. The molecule has 3 nitrogen and oxygen atoms in total. The Morgan fingerprint density at radius 1 is 1.24 bits per heavy atom. The van der Waals surface area contributed by atoms with Gasteiger partial charge >= 0.3 is 0 Å². The third-order valence-corrected chi connectivity index (χ3v) is 3.22. The van der Waals surface area contributed by atoms with Crippen LogP contribution in [-0.4, -0.2) is 30.1 Å². The molecule has 1 aliphatic rings. The van der Waals surface area contributed by atoms with Crippen molar-refractivity contribution in [3.8, 4) is 0 Å². The molecular weight excluding hydrogens is 228 g/mol. The van der Waals surface area contributed by atoms with Gasteiger partial charge in [0.2, 0.25) is 5.91 Å². The van der Waals surface area contributed by atoms with Gasteiger partial charge in [0.25, 0.3) is 5.92 Å². The van der Waals surface area contributed by atoms with E-state index in [1.54, 1.807) is 0 Å². The van der Waals surface area contributed by atoms with Crippen LogP contribution in [0.3, 0.4) is 0 Å². The maximum Gasteiger partial charge on any atom is 0.287 e. The lowest BCUT2D eigenvalue weighted by molar-refractivity contribution is -0.125. The number of aliphatic hydroxyl groups is 1. The number of carbonyl (C=O) groups excluding carboxylic acids is 1. The molecule has 1 saturated carbocycles. The van der Waals surface area contributed by atoms with Gasteiger partial charge in [0.05, 0.1) is 6.54 Å². The Bertz CT molecular complexity index is 239. The monoisotopic (exact) mass is 249 g/mol. The first-order valence-electron chi connectivity index (χ1n) is 6.29. The minimum atomic E-state index is -3.21. The lowest BCUT2D eigenvalue weighted by atomic mass is 9.96. The van der Waals surface area contributed by atoms with E-state index in [2.05, 4.69) is 5.32 Å². The molecule has 0 aliphatic heterocycles. The van der Waals surface area contributed by atoms with Crippen LogP contribution in [0.15, 0.2) is 0 Å². The molecule has 2 N–H and O–H groups in total. The van der Waals surface area contributed by atoms with Crippen LogP contribution in [0.2, 0.25) is 0 Å². The number of alkyl halides is 2. The molecule has 100 valence electrons. The Labute approximate surface area is 101 Å². The smallest absolute Gasteiger partial charge is 0.287 e. The third kappa shape index (κ3) is 5.96. The summed E-state index contributed by atoms with van der Waals surface area (Å²) in [6, 6.07) is 0. The Hall–Kier alpha value is -0.710. The van der Waals surface area contributed by atoms with E-state index in [0.29, 0.717) is 12.3 Å². The Kier molecular flexibility index (Phi) is 5.82. The van der Waals surface area contributed by atoms with Gasteiger partial charge in [-0.05, 0) is 18.8 Å². The number of halogens is 2. The van der Waals surface area contributed by atoms with Crippen molar-refractivity contribution in [3.63, 3.8) is 0 Å². The summed E-state index contributed by atoms with van der Waals surface area (Å²) in [7, 11) is 0. The van der Waals surface area contributed by atoms with Crippen LogP contribution in [0, 0.1) is 5.92 Å². The van der Waals surface area contributed by atoms with E-state index in [1.165, 1.54) is 12.8 Å². The molecule has 0 bridgehead atoms. The molecule has 17 heavy (non-hydrogen) atoms. The molecular formula is C12H21F2NO2. The second-order valence-electron chi connectivity index (χ2n) is 4.85. The average molecular weight is 249 g/mol. The van der Waals surface area contributed by atoms with Gasteiger partial charge in [-0.1, -0.05) is 25.7 Å². The predicted molar refractivity (Wildman–Crippen MR) is 60.9 cm³/mol. The van der Waals surface area contributed by atoms with Crippen molar-refractivity contribution in [2.75, 3.05) is 13.2 Å². The van der Waals surface area contributed by atoms with Crippen molar-refractivity contribution in [2.45, 2.75) is 50.9 Å². The van der Waals surface area contributed by atoms with Crippen molar-refractivity contribution in [1.29, 1.82) is 0 Å². The number of carbonyl (C=O) groups is 1. The van der Waals surface area contributed by atoms with E-state index in [-0.39, 0.29) is 5.91 Å². The summed E-state index contributed by atoms with van der Waals surface area (Å²) in [6.07, 6.45) is 7.05. The quantitative estimate of drug-likeness (QED) is 0.733. The molecule has 0 aromatic heterocycles. The molecule has 0 aromatic rings. The van der Waals surface area contributed by atoms with Gasteiger partial charge < -0.3 is 10.4 Å². The highest BCUT2D eigenvalue weighted by molar-refractivity contribution is 5.76. The van der Waals surface area contributed by atoms with Crippen LogP contribution in [0.4, 0.5) is 8.78 Å². The molecule has 5 heteroatoms. The number of rotatable bonds is 5. The SMILES string of the molecule is O=C(CC1CCCCCC1)NCC(F)(F)CO. The first kappa shape index (κ1) is 14.4. The van der Waals surface area contributed by atoms with Crippen LogP contribution in [0.5, 0.6) is 0 Å². The van der Waals surface area contributed by atoms with Crippen molar-refractivity contribution < 1.29 is 18.7 Å². The van der Waals surface area contributed by atoms with Gasteiger partial charge in [-0.25, -0.2) is 8.78 Å². The highest BCUT2D eigenvalue weighted by atomic mass is 19.3. The maximum absolute atomic E-state index is 12.7. The molecule has 1 aliphatic carbocycles. The van der Waals surface area contributed by atoms with Crippen molar-refractivity contribution >= 4 is 5.91 Å². The summed E-state index contributed by atoms with van der Waals surface area (Å²) >= 11 is 0. The van der Waals surface area contributed by atoms with E-state index in [0.717, 1.165) is 25.7 Å². The predicted octanol–water partition coefficient (Wildman–Crippen LogP) is 2.09. The van der Waals surface area contributed by atoms with Gasteiger partial charge in [-0.15, -0.1) is 0 Å². The largest absolute Gasteiger partial charge is 0.390 e. The molecule has 0 radical (unpaired) electrons. The van der Waals surface area contributed by atoms with Gasteiger partial charge in [0, 0.05) is 6.42 Å². The summed E-state index contributed by atoms with van der Waals surface area (Å²) in [5, 5.41) is 10.6. The van der Waals surface area contributed by atoms with Crippen LogP contribution < -0.4 is 5.32 Å². The van der Waals surface area contributed by atoms with Gasteiger partial charge in [-0.2, -0.15) is 0 Å². The fourth-order valence-corrected chi connectivity index (χ4v) is 2.19. The molecule has 1 fully saturated rings. The second kappa shape index (κ2) is 6.89. The summed E-state index contributed by atoms with van der Waals surface area (Å²) < 4.78 is 25.4. The fraction of sp³-hybridized carbons (Fsp3) is 0.917. The zero-order chi connectivity index (χ0) is 12.7. The summed E-state index contributed by atoms with van der Waals surface area (Å²) in [6.45, 7) is -1.99. The van der Waals surface area contributed by atoms with Crippen molar-refractivity contribution in [3.05, 3.63) is 0 Å². The molecule has 0 aromatic carbocycles. The molecule has 0 atom stereocenters. The minimum Gasteiger partial charge on any atom is -0.390 e. The Morgan fingerprint density at radius 3 is 2.35 bits per heavy atom. The molecule has 1 amide bonds. The second-order valence-corrected chi connectivity index (χ2v) is 4.85. The topological polar surface area (TPSA) is 49.3 Å². The van der Waals surface area contributed by atoms with Crippen LogP contribution >= 0.6 is 0 Å². The van der Waals surface area contributed by atoms with Gasteiger partial charge in [0.15, 0.2) is 0 Å². The summed E-state index contributed by atoms with van der Waals surface area (Å²) in [5.41, 5.74) is 0. The standard InChI is InChI=1S/C12H21F2NO2/c13-12(14,9-16)8-15-11(17)7-10-5-3-1-2-4-6-10/h10,16H,1-9H2,(H,15,17). The third-order valence-electron chi connectivity index (χ3n) is 3.22. The highest BCUT2D eigenvalue weighted by Crippen LogP contribution is 2.25. The molecule has 1 rings (SSSR count). The van der Waals surface area contributed by atoms with Crippen LogP contribution in [0.1, 0.15) is 44.9 Å². The van der Waals surface area contributed by atoms with E-state index in [9.17, 15) is 13.6 Å². The number of amides is 1. The molecule has 0 saturated heterocycles. The summed E-state index contributed by atoms with van der Waals surface area (Å²) in [5.74, 6) is -3.20. The molecule has 0 unspecified atom stereocenters. The number of hydrogen-bond donors (Lipinski definition) is 2. The van der Waals surface area contributed by atoms with Crippen molar-refractivity contribution in [1.82, 2.24) is 5.32 Å². The van der Waals surface area contributed by atoms with Crippen molar-refractivity contribution in [2.24, 2.45) is 5.92 Å². The highest BCUT2D eigenvalue weighted by Gasteiger charge is 2.28. The van der Waals surface area contributed by atoms with Crippen LogP contribution in [0.25, 0.3) is 0 Å². The zero-order valence-corrected chi connectivity index (χ0v) is 10.1. The maximum atomic E-state index is 12.7. The average Bonchev–Trinajstić information content (AvgIpc) is 2.55. The van der Waals surface area contributed by atoms with E-state index >= 15 is 0 Å². The fourth-order valence-electron chi connectivity index (χ4n) is 2.19. The van der Waals surface area contributed by atoms with E-state index in [1.807, 2.05) is 0 Å². The Morgan fingerprint density at radius 2 is 1.82 bits per heavy atom. The number of aliphatic hydroxyl groups excluding tert-OH is 1. The summed E-state index contributed by atoms with van der Waals surface area (Å²) in [4.78, 5) is 11.5. The zero-order valence-electron chi connectivity index (χ0n) is 10.1. The van der Waals surface area contributed by atoms with Crippen LogP contribution in [-0.2, 0) is 4.79 Å². The number of nitrogens with one attached hydrogen (secondary N) is 1. The lowest BCUT2D eigenvalue weighted by Gasteiger charge is -2.16. The van der Waals surface area contributed by atoms with Gasteiger partial charge in [-0.3, -0.25) is 4.79 Å².